The first-order valence-electron chi connectivity index (χ1n) is 7.74. The van der Waals surface area contributed by atoms with Gasteiger partial charge in [0.15, 0.2) is 12.3 Å². The molecule has 7 nitrogen and oxygen atoms in total. The molecule has 130 valence electrons. The van der Waals surface area contributed by atoms with Crippen LogP contribution in [0.25, 0.3) is 0 Å². The molecule has 25 heavy (non-hydrogen) atoms. The van der Waals surface area contributed by atoms with Gasteiger partial charge in [-0.1, -0.05) is 47.7 Å². The van der Waals surface area contributed by atoms with Gasteiger partial charge in [-0.25, -0.2) is 9.48 Å². The Balaban J connectivity index is 1.89. The van der Waals surface area contributed by atoms with Gasteiger partial charge >= 0.3 is 5.97 Å². The molecule has 1 aromatic carbocycles. The number of carbonyl (C=O) groups is 2. The van der Waals surface area contributed by atoms with Crippen LogP contribution in [0.2, 0.25) is 0 Å². The maximum atomic E-state index is 12.0. The molecule has 1 heterocycles. The summed E-state index contributed by atoms with van der Waals surface area (Å²) >= 11 is 0. The second-order valence-corrected chi connectivity index (χ2v) is 5.24. The number of carbonyl (C=O) groups excluding carboxylic acids is 2. The quantitative estimate of drug-likeness (QED) is 0.513. The fourth-order valence-corrected chi connectivity index (χ4v) is 2.12. The maximum absolute atomic E-state index is 12.0. The summed E-state index contributed by atoms with van der Waals surface area (Å²) in [6.45, 7) is 8.01. The van der Waals surface area contributed by atoms with E-state index in [0.29, 0.717) is 19.6 Å². The molecule has 0 N–H and O–H groups in total. The van der Waals surface area contributed by atoms with E-state index in [1.165, 1.54) is 15.8 Å². The second-order valence-electron chi connectivity index (χ2n) is 5.24. The van der Waals surface area contributed by atoms with E-state index in [1.54, 1.807) is 12.2 Å². The standard InChI is InChI=1S/C18H20N4O3/c1-3-10-21(11-4-2)17(23)14-25-18(24)16-13-22(20-19-16)12-15-8-6-5-7-9-15/h3-9,13H,1-2,10-12,14H2. The first kappa shape index (κ1) is 18.1. The highest BCUT2D eigenvalue weighted by atomic mass is 16.5. The number of hydrogen-bond acceptors (Lipinski definition) is 5. The summed E-state index contributed by atoms with van der Waals surface area (Å²) < 4.78 is 6.55. The van der Waals surface area contributed by atoms with Crippen LogP contribution in [-0.2, 0) is 16.1 Å². The van der Waals surface area contributed by atoms with Crippen molar-refractivity contribution in [3.63, 3.8) is 0 Å². The van der Waals surface area contributed by atoms with E-state index in [1.807, 2.05) is 30.3 Å². The highest BCUT2D eigenvalue weighted by molar-refractivity contribution is 5.89. The molecule has 0 unspecified atom stereocenters. The molecule has 0 fully saturated rings. The van der Waals surface area contributed by atoms with Crippen LogP contribution in [0, 0.1) is 0 Å². The van der Waals surface area contributed by atoms with E-state index < -0.39 is 5.97 Å². The zero-order valence-corrected chi connectivity index (χ0v) is 13.9. The minimum Gasteiger partial charge on any atom is -0.451 e. The Bertz CT molecular complexity index is 730. The Morgan fingerprint density at radius 2 is 1.84 bits per heavy atom. The van der Waals surface area contributed by atoms with Gasteiger partial charge in [0.25, 0.3) is 5.91 Å². The van der Waals surface area contributed by atoms with Gasteiger partial charge in [0.2, 0.25) is 0 Å². The summed E-state index contributed by atoms with van der Waals surface area (Å²) in [7, 11) is 0. The van der Waals surface area contributed by atoms with Gasteiger partial charge in [-0.3, -0.25) is 4.79 Å². The normalized spacial score (nSPS) is 10.1. The Morgan fingerprint density at radius 3 is 2.48 bits per heavy atom. The highest BCUT2D eigenvalue weighted by Crippen LogP contribution is 2.03. The lowest BCUT2D eigenvalue weighted by molar-refractivity contribution is -0.133. The first-order valence-corrected chi connectivity index (χ1v) is 7.74. The number of aromatic nitrogens is 3. The van der Waals surface area contributed by atoms with Gasteiger partial charge in [0.1, 0.15) is 0 Å². The van der Waals surface area contributed by atoms with Crippen LogP contribution in [0.4, 0.5) is 0 Å². The van der Waals surface area contributed by atoms with Crippen molar-refractivity contribution in [3.05, 3.63) is 73.1 Å². The monoisotopic (exact) mass is 340 g/mol. The minimum atomic E-state index is -0.690. The van der Waals surface area contributed by atoms with E-state index in [2.05, 4.69) is 23.5 Å². The van der Waals surface area contributed by atoms with Gasteiger partial charge in [0, 0.05) is 13.1 Å². The molecule has 2 aromatic rings. The fraction of sp³-hybridized carbons (Fsp3) is 0.222. The lowest BCUT2D eigenvalue weighted by Crippen LogP contribution is -2.35. The molecule has 0 atom stereocenters. The summed E-state index contributed by atoms with van der Waals surface area (Å²) in [6, 6.07) is 9.67. The van der Waals surface area contributed by atoms with Crippen LogP contribution in [0.3, 0.4) is 0 Å². The van der Waals surface area contributed by atoms with Crippen molar-refractivity contribution in [3.8, 4) is 0 Å². The van der Waals surface area contributed by atoms with Crippen molar-refractivity contribution in [1.29, 1.82) is 0 Å². The molecular weight excluding hydrogens is 320 g/mol. The Labute approximate surface area is 146 Å². The lowest BCUT2D eigenvalue weighted by atomic mass is 10.2. The maximum Gasteiger partial charge on any atom is 0.361 e. The average molecular weight is 340 g/mol. The van der Waals surface area contributed by atoms with Crippen LogP contribution in [0.15, 0.2) is 61.8 Å². The predicted molar refractivity (Wildman–Crippen MR) is 92.8 cm³/mol. The van der Waals surface area contributed by atoms with Gasteiger partial charge < -0.3 is 9.64 Å². The Kier molecular flexibility index (Phi) is 6.65. The van der Waals surface area contributed by atoms with Crippen LogP contribution >= 0.6 is 0 Å². The van der Waals surface area contributed by atoms with Crippen LogP contribution in [-0.4, -0.2) is 51.5 Å². The van der Waals surface area contributed by atoms with E-state index in [4.69, 9.17) is 4.74 Å². The smallest absolute Gasteiger partial charge is 0.361 e. The number of amides is 1. The van der Waals surface area contributed by atoms with Gasteiger partial charge in [-0.2, -0.15) is 0 Å². The SMILES string of the molecule is C=CCN(CC=C)C(=O)COC(=O)c1cn(Cc2ccccc2)nn1. The van der Waals surface area contributed by atoms with Crippen molar-refractivity contribution >= 4 is 11.9 Å². The van der Waals surface area contributed by atoms with E-state index >= 15 is 0 Å². The minimum absolute atomic E-state index is 0.0581. The molecule has 0 bridgehead atoms. The second kappa shape index (κ2) is 9.17. The lowest BCUT2D eigenvalue weighted by Gasteiger charge is -2.18. The molecule has 0 aliphatic heterocycles. The molecule has 7 heteroatoms. The third-order valence-electron chi connectivity index (χ3n) is 3.31. The summed E-state index contributed by atoms with van der Waals surface area (Å²) in [5.41, 5.74) is 1.09. The molecule has 1 aromatic heterocycles. The van der Waals surface area contributed by atoms with Crippen molar-refractivity contribution in [1.82, 2.24) is 19.9 Å². The number of ether oxygens (including phenoxy) is 1. The van der Waals surface area contributed by atoms with Crippen molar-refractivity contribution in [2.75, 3.05) is 19.7 Å². The number of benzene rings is 1. The topological polar surface area (TPSA) is 77.3 Å². The van der Waals surface area contributed by atoms with Gasteiger partial charge in [-0.15, -0.1) is 18.3 Å². The summed E-state index contributed by atoms with van der Waals surface area (Å²) in [4.78, 5) is 25.5. The fourth-order valence-electron chi connectivity index (χ4n) is 2.12. The molecule has 0 saturated carbocycles. The average Bonchev–Trinajstić information content (AvgIpc) is 3.08. The number of rotatable bonds is 9. The molecule has 2 rings (SSSR count). The van der Waals surface area contributed by atoms with Crippen LogP contribution in [0.5, 0.6) is 0 Å². The van der Waals surface area contributed by atoms with Gasteiger partial charge in [0.05, 0.1) is 12.7 Å². The molecule has 0 aliphatic carbocycles. The molecule has 0 saturated heterocycles. The first-order chi connectivity index (χ1) is 12.1. The van der Waals surface area contributed by atoms with Crippen molar-refractivity contribution in [2.24, 2.45) is 0 Å². The Morgan fingerprint density at radius 1 is 1.16 bits per heavy atom. The Hall–Kier alpha value is -3.22. The van der Waals surface area contributed by atoms with Crippen LogP contribution < -0.4 is 0 Å². The van der Waals surface area contributed by atoms with E-state index in [9.17, 15) is 9.59 Å². The molecule has 0 spiro atoms. The summed E-state index contributed by atoms with van der Waals surface area (Å²) in [5.74, 6) is -1.02. The molecule has 1 amide bonds. The van der Waals surface area contributed by atoms with Crippen molar-refractivity contribution in [2.45, 2.75) is 6.54 Å². The van der Waals surface area contributed by atoms with Gasteiger partial charge in [-0.05, 0) is 5.56 Å². The number of esters is 1. The van der Waals surface area contributed by atoms with E-state index in [-0.39, 0.29) is 18.2 Å². The molecular formula is C18H20N4O3. The third kappa shape index (κ3) is 5.42. The number of nitrogens with zero attached hydrogens (tertiary/aromatic N) is 4. The zero-order valence-electron chi connectivity index (χ0n) is 13.9. The van der Waals surface area contributed by atoms with Crippen molar-refractivity contribution < 1.29 is 14.3 Å². The number of hydrogen-bond donors (Lipinski definition) is 0. The third-order valence-corrected chi connectivity index (χ3v) is 3.31. The largest absolute Gasteiger partial charge is 0.451 e. The van der Waals surface area contributed by atoms with Crippen LogP contribution in [0.1, 0.15) is 16.1 Å². The highest BCUT2D eigenvalue weighted by Gasteiger charge is 2.17. The molecule has 0 radical (unpaired) electrons. The summed E-state index contributed by atoms with van der Waals surface area (Å²) in [5, 5.41) is 7.69. The zero-order chi connectivity index (χ0) is 18.1. The summed E-state index contributed by atoms with van der Waals surface area (Å²) in [6.07, 6.45) is 4.68. The predicted octanol–water partition coefficient (Wildman–Crippen LogP) is 1.68. The van der Waals surface area contributed by atoms with E-state index in [0.717, 1.165) is 5.56 Å². The molecule has 0 aliphatic rings.